The minimum atomic E-state index is 0.315. The molecule has 2 aromatic rings. The van der Waals surface area contributed by atoms with E-state index in [1.54, 1.807) is 0 Å². The number of fused-ring (bicyclic) bond motifs is 1. The van der Waals surface area contributed by atoms with E-state index >= 15 is 0 Å². The zero-order valence-corrected chi connectivity index (χ0v) is 10.8. The second-order valence-electron chi connectivity index (χ2n) is 4.64. The Labute approximate surface area is 108 Å². The Morgan fingerprint density at radius 3 is 2.83 bits per heavy atom. The number of benzene rings is 1. The normalized spacial score (nSPS) is 11.2. The van der Waals surface area contributed by atoms with E-state index in [0.717, 1.165) is 38.8 Å². The van der Waals surface area contributed by atoms with Crippen molar-refractivity contribution in [1.82, 2.24) is 10.3 Å². The molecular formula is C15H22N2O. The summed E-state index contributed by atoms with van der Waals surface area (Å²) in [5, 5.41) is 13.5. The lowest BCUT2D eigenvalue weighted by Crippen LogP contribution is -2.18. The van der Waals surface area contributed by atoms with Crippen LogP contribution in [0.4, 0.5) is 0 Å². The van der Waals surface area contributed by atoms with Crippen LogP contribution in [0.5, 0.6) is 0 Å². The van der Waals surface area contributed by atoms with Crippen molar-refractivity contribution in [2.75, 3.05) is 19.7 Å². The molecule has 2 rings (SSSR count). The molecule has 0 spiro atoms. The van der Waals surface area contributed by atoms with E-state index < -0.39 is 0 Å². The molecule has 0 saturated carbocycles. The second kappa shape index (κ2) is 7.19. The van der Waals surface area contributed by atoms with Gasteiger partial charge in [-0.15, -0.1) is 0 Å². The van der Waals surface area contributed by atoms with Gasteiger partial charge in [0.15, 0.2) is 0 Å². The van der Waals surface area contributed by atoms with Crippen molar-refractivity contribution in [2.45, 2.75) is 25.7 Å². The van der Waals surface area contributed by atoms with Crippen molar-refractivity contribution in [2.24, 2.45) is 0 Å². The molecule has 0 atom stereocenters. The Morgan fingerprint density at radius 1 is 1.06 bits per heavy atom. The van der Waals surface area contributed by atoms with E-state index in [0.29, 0.717) is 6.61 Å². The number of aliphatic hydroxyl groups is 1. The molecular weight excluding hydrogens is 224 g/mol. The number of hydrogen-bond acceptors (Lipinski definition) is 2. The Kier molecular flexibility index (Phi) is 5.24. The van der Waals surface area contributed by atoms with E-state index in [2.05, 4.69) is 40.8 Å². The zero-order valence-electron chi connectivity index (χ0n) is 10.8. The minimum absolute atomic E-state index is 0.315. The number of aromatic amines is 1. The number of hydrogen-bond donors (Lipinski definition) is 3. The molecule has 0 fully saturated rings. The summed E-state index contributed by atoms with van der Waals surface area (Å²) in [4.78, 5) is 3.30. The van der Waals surface area contributed by atoms with Gasteiger partial charge < -0.3 is 15.4 Å². The SMILES string of the molecule is OCCCCCNCCc1c[nH]c2ccccc12. The number of aromatic nitrogens is 1. The van der Waals surface area contributed by atoms with Crippen LogP contribution >= 0.6 is 0 Å². The maximum atomic E-state index is 8.67. The van der Waals surface area contributed by atoms with Crippen molar-refractivity contribution < 1.29 is 5.11 Å². The molecule has 18 heavy (non-hydrogen) atoms. The predicted molar refractivity (Wildman–Crippen MR) is 75.8 cm³/mol. The molecule has 1 aromatic heterocycles. The molecule has 0 aliphatic heterocycles. The molecule has 1 aromatic carbocycles. The number of rotatable bonds is 8. The summed E-state index contributed by atoms with van der Waals surface area (Å²) in [6.45, 7) is 2.37. The summed E-state index contributed by atoms with van der Waals surface area (Å²) >= 11 is 0. The largest absolute Gasteiger partial charge is 0.396 e. The molecule has 0 radical (unpaired) electrons. The van der Waals surface area contributed by atoms with E-state index in [-0.39, 0.29) is 0 Å². The highest BCUT2D eigenvalue weighted by Gasteiger charge is 2.01. The van der Waals surface area contributed by atoms with Crippen LogP contribution in [0.15, 0.2) is 30.5 Å². The highest BCUT2D eigenvalue weighted by atomic mass is 16.2. The molecule has 0 bridgehead atoms. The molecule has 1 heterocycles. The first-order valence-corrected chi connectivity index (χ1v) is 6.78. The minimum Gasteiger partial charge on any atom is -0.396 e. The Morgan fingerprint density at radius 2 is 1.94 bits per heavy atom. The fourth-order valence-corrected chi connectivity index (χ4v) is 2.23. The van der Waals surface area contributed by atoms with Crippen LogP contribution in [-0.2, 0) is 6.42 Å². The number of nitrogens with one attached hydrogen (secondary N) is 2. The van der Waals surface area contributed by atoms with Gasteiger partial charge in [0.25, 0.3) is 0 Å². The molecule has 0 unspecified atom stereocenters. The lowest BCUT2D eigenvalue weighted by atomic mass is 10.1. The molecule has 3 nitrogen and oxygen atoms in total. The third-order valence-corrected chi connectivity index (χ3v) is 3.26. The Bertz CT molecular complexity index is 464. The van der Waals surface area contributed by atoms with Crippen molar-refractivity contribution in [3.8, 4) is 0 Å². The average molecular weight is 246 g/mol. The van der Waals surface area contributed by atoms with Gasteiger partial charge in [0.2, 0.25) is 0 Å². The Balaban J connectivity index is 1.70. The van der Waals surface area contributed by atoms with Gasteiger partial charge in [0.05, 0.1) is 0 Å². The summed E-state index contributed by atoms with van der Waals surface area (Å²) < 4.78 is 0. The van der Waals surface area contributed by atoms with E-state index in [1.807, 2.05) is 0 Å². The van der Waals surface area contributed by atoms with Crippen LogP contribution in [0, 0.1) is 0 Å². The third kappa shape index (κ3) is 3.59. The topological polar surface area (TPSA) is 48.0 Å². The molecule has 0 amide bonds. The fourth-order valence-electron chi connectivity index (χ4n) is 2.23. The smallest absolute Gasteiger partial charge is 0.0456 e. The van der Waals surface area contributed by atoms with Crippen molar-refractivity contribution in [3.05, 3.63) is 36.0 Å². The van der Waals surface area contributed by atoms with Gasteiger partial charge in [-0.2, -0.15) is 0 Å². The van der Waals surface area contributed by atoms with Gasteiger partial charge in [-0.05, 0) is 50.4 Å². The highest BCUT2D eigenvalue weighted by Crippen LogP contribution is 2.17. The van der Waals surface area contributed by atoms with Crippen molar-refractivity contribution in [1.29, 1.82) is 0 Å². The maximum absolute atomic E-state index is 8.67. The van der Waals surface area contributed by atoms with Gasteiger partial charge in [-0.25, -0.2) is 0 Å². The maximum Gasteiger partial charge on any atom is 0.0456 e. The first-order valence-electron chi connectivity index (χ1n) is 6.78. The number of para-hydroxylation sites is 1. The lowest BCUT2D eigenvalue weighted by Gasteiger charge is -2.03. The summed E-state index contributed by atoms with van der Waals surface area (Å²) in [6.07, 6.45) is 6.34. The summed E-state index contributed by atoms with van der Waals surface area (Å²) in [7, 11) is 0. The molecule has 0 saturated heterocycles. The molecule has 0 aliphatic carbocycles. The van der Waals surface area contributed by atoms with Crippen LogP contribution in [-0.4, -0.2) is 29.8 Å². The molecule has 3 N–H and O–H groups in total. The van der Waals surface area contributed by atoms with Crippen LogP contribution in [0.3, 0.4) is 0 Å². The van der Waals surface area contributed by atoms with Crippen molar-refractivity contribution in [3.63, 3.8) is 0 Å². The van der Waals surface area contributed by atoms with E-state index in [4.69, 9.17) is 5.11 Å². The first kappa shape index (κ1) is 13.1. The van der Waals surface area contributed by atoms with Crippen molar-refractivity contribution >= 4 is 10.9 Å². The van der Waals surface area contributed by atoms with Crippen LogP contribution in [0.25, 0.3) is 10.9 Å². The van der Waals surface area contributed by atoms with E-state index in [1.165, 1.54) is 16.5 Å². The van der Waals surface area contributed by atoms with Crippen LogP contribution in [0.1, 0.15) is 24.8 Å². The van der Waals surface area contributed by atoms with E-state index in [9.17, 15) is 0 Å². The van der Waals surface area contributed by atoms with Crippen LogP contribution in [0.2, 0.25) is 0 Å². The van der Waals surface area contributed by atoms with Gasteiger partial charge in [-0.1, -0.05) is 18.2 Å². The molecule has 3 heteroatoms. The summed E-state index contributed by atoms with van der Waals surface area (Å²) in [5.74, 6) is 0. The summed E-state index contributed by atoms with van der Waals surface area (Å²) in [6, 6.07) is 8.42. The number of unbranched alkanes of at least 4 members (excludes halogenated alkanes) is 2. The number of H-pyrrole nitrogens is 1. The molecule has 0 aliphatic rings. The summed E-state index contributed by atoms with van der Waals surface area (Å²) in [5.41, 5.74) is 2.60. The predicted octanol–water partition coefficient (Wildman–Crippen LogP) is 2.46. The Hall–Kier alpha value is -1.32. The third-order valence-electron chi connectivity index (χ3n) is 3.26. The average Bonchev–Trinajstić information content (AvgIpc) is 2.81. The second-order valence-corrected chi connectivity index (χ2v) is 4.64. The van der Waals surface area contributed by atoms with Gasteiger partial charge in [0, 0.05) is 23.7 Å². The zero-order chi connectivity index (χ0) is 12.6. The monoisotopic (exact) mass is 246 g/mol. The first-order chi connectivity index (χ1) is 8.92. The highest BCUT2D eigenvalue weighted by molar-refractivity contribution is 5.83. The van der Waals surface area contributed by atoms with Gasteiger partial charge >= 0.3 is 0 Å². The fraction of sp³-hybridized carbons (Fsp3) is 0.467. The molecule has 98 valence electrons. The lowest BCUT2D eigenvalue weighted by molar-refractivity contribution is 0.283. The quantitative estimate of drug-likeness (QED) is 0.627. The number of aliphatic hydroxyl groups excluding tert-OH is 1. The standard InChI is InChI=1S/C15H22N2O/c18-11-5-1-4-9-16-10-8-13-12-17-15-7-3-2-6-14(13)15/h2-3,6-7,12,16-18H,1,4-5,8-11H2. The van der Waals surface area contributed by atoms with Gasteiger partial charge in [0.1, 0.15) is 0 Å². The van der Waals surface area contributed by atoms with Gasteiger partial charge in [-0.3, -0.25) is 0 Å². The van der Waals surface area contributed by atoms with Crippen LogP contribution < -0.4 is 5.32 Å².